The van der Waals surface area contributed by atoms with Crippen LogP contribution >= 0.6 is 0 Å². The third-order valence-electron chi connectivity index (χ3n) is 4.38. The van der Waals surface area contributed by atoms with Crippen molar-refractivity contribution in [3.8, 4) is 0 Å². The maximum Gasteiger partial charge on any atom is 0.243 e. The molecule has 2 saturated heterocycles. The minimum absolute atomic E-state index is 0.0478. The zero-order valence-corrected chi connectivity index (χ0v) is 13.9. The van der Waals surface area contributed by atoms with Crippen LogP contribution in [0, 0.1) is 0 Å². The third kappa shape index (κ3) is 3.19. The fourth-order valence-corrected chi connectivity index (χ4v) is 6.32. The molecule has 1 atom stereocenters. The number of sulfonamides is 1. The normalized spacial score (nSPS) is 27.0. The van der Waals surface area contributed by atoms with Crippen molar-refractivity contribution < 1.29 is 16.8 Å². The van der Waals surface area contributed by atoms with E-state index >= 15 is 0 Å². The molecule has 2 fully saturated rings. The van der Waals surface area contributed by atoms with Crippen molar-refractivity contribution in [2.24, 2.45) is 0 Å². The van der Waals surface area contributed by atoms with E-state index in [1.165, 1.54) is 4.31 Å². The molecule has 0 saturated carbocycles. The van der Waals surface area contributed by atoms with Gasteiger partial charge in [-0.15, -0.1) is 0 Å². The van der Waals surface area contributed by atoms with Crippen LogP contribution < -0.4 is 0 Å². The molecule has 1 unspecified atom stereocenters. The molecule has 1 aromatic rings. The zero-order chi connectivity index (χ0) is 15.8. The van der Waals surface area contributed by atoms with E-state index in [2.05, 4.69) is 4.90 Å². The monoisotopic (exact) mass is 344 g/mol. The lowest BCUT2D eigenvalue weighted by Crippen LogP contribution is -2.52. The summed E-state index contributed by atoms with van der Waals surface area (Å²) in [6, 6.07) is 8.47. The molecule has 3 rings (SSSR count). The molecule has 0 bridgehead atoms. The Hall–Kier alpha value is -0.960. The van der Waals surface area contributed by atoms with Gasteiger partial charge < -0.3 is 0 Å². The van der Waals surface area contributed by atoms with Gasteiger partial charge in [-0.3, -0.25) is 4.90 Å². The molecule has 6 nitrogen and oxygen atoms in total. The zero-order valence-electron chi connectivity index (χ0n) is 12.3. The summed E-state index contributed by atoms with van der Waals surface area (Å²) in [5, 5.41) is 0. The first-order valence-corrected chi connectivity index (χ1v) is 10.6. The Morgan fingerprint density at radius 2 is 1.64 bits per heavy atom. The van der Waals surface area contributed by atoms with Gasteiger partial charge in [-0.25, -0.2) is 16.8 Å². The Morgan fingerprint density at radius 1 is 1.00 bits per heavy atom. The molecule has 8 heteroatoms. The molecule has 2 aliphatic rings. The van der Waals surface area contributed by atoms with Gasteiger partial charge in [0, 0.05) is 32.2 Å². The fourth-order valence-electron chi connectivity index (χ4n) is 3.11. The topological polar surface area (TPSA) is 74.8 Å². The second kappa shape index (κ2) is 5.92. The van der Waals surface area contributed by atoms with Gasteiger partial charge in [-0.2, -0.15) is 4.31 Å². The summed E-state index contributed by atoms with van der Waals surface area (Å²) in [6.45, 7) is 2.00. The van der Waals surface area contributed by atoms with Crippen LogP contribution in [0.25, 0.3) is 0 Å². The van der Waals surface area contributed by atoms with Gasteiger partial charge in [0.05, 0.1) is 16.4 Å². The van der Waals surface area contributed by atoms with Gasteiger partial charge in [0.1, 0.15) is 0 Å². The number of benzene rings is 1. The van der Waals surface area contributed by atoms with E-state index < -0.39 is 19.9 Å². The molecular weight excluding hydrogens is 324 g/mol. The average molecular weight is 344 g/mol. The van der Waals surface area contributed by atoms with Crippen LogP contribution in [-0.2, 0) is 19.9 Å². The predicted molar refractivity (Wildman–Crippen MR) is 83.8 cm³/mol. The highest BCUT2D eigenvalue weighted by atomic mass is 32.2. The first kappa shape index (κ1) is 15.9. The van der Waals surface area contributed by atoms with Crippen molar-refractivity contribution >= 4 is 19.9 Å². The van der Waals surface area contributed by atoms with E-state index in [0.717, 1.165) is 0 Å². The van der Waals surface area contributed by atoms with E-state index in [1.54, 1.807) is 30.3 Å². The van der Waals surface area contributed by atoms with E-state index in [9.17, 15) is 16.8 Å². The second-order valence-electron chi connectivity index (χ2n) is 5.81. The number of hydrogen-bond acceptors (Lipinski definition) is 5. The van der Waals surface area contributed by atoms with Crippen molar-refractivity contribution in [3.05, 3.63) is 30.3 Å². The molecule has 0 amide bonds. The lowest BCUT2D eigenvalue weighted by atomic mass is 10.2. The van der Waals surface area contributed by atoms with E-state index in [0.29, 0.717) is 37.5 Å². The molecule has 22 heavy (non-hydrogen) atoms. The van der Waals surface area contributed by atoms with Crippen LogP contribution in [0.1, 0.15) is 6.42 Å². The van der Waals surface area contributed by atoms with Gasteiger partial charge in [-0.1, -0.05) is 18.2 Å². The maximum atomic E-state index is 12.5. The van der Waals surface area contributed by atoms with Crippen molar-refractivity contribution in [1.29, 1.82) is 0 Å². The second-order valence-corrected chi connectivity index (χ2v) is 9.98. The van der Waals surface area contributed by atoms with Crippen molar-refractivity contribution in [2.75, 3.05) is 37.7 Å². The van der Waals surface area contributed by atoms with Crippen LogP contribution in [0.3, 0.4) is 0 Å². The van der Waals surface area contributed by atoms with E-state index in [-0.39, 0.29) is 17.5 Å². The fraction of sp³-hybridized carbons (Fsp3) is 0.571. The summed E-state index contributed by atoms with van der Waals surface area (Å²) >= 11 is 0. The minimum Gasteiger partial charge on any atom is -0.297 e. The minimum atomic E-state index is -3.44. The number of nitrogens with zero attached hydrogens (tertiary/aromatic N) is 2. The van der Waals surface area contributed by atoms with Gasteiger partial charge in [0.25, 0.3) is 0 Å². The average Bonchev–Trinajstić information content (AvgIpc) is 2.88. The van der Waals surface area contributed by atoms with Crippen molar-refractivity contribution in [1.82, 2.24) is 9.21 Å². The summed E-state index contributed by atoms with van der Waals surface area (Å²) < 4.78 is 49.7. The van der Waals surface area contributed by atoms with Gasteiger partial charge in [0.2, 0.25) is 10.0 Å². The van der Waals surface area contributed by atoms with E-state index in [4.69, 9.17) is 0 Å². The molecule has 0 N–H and O–H groups in total. The molecule has 0 aliphatic carbocycles. The SMILES string of the molecule is O=S1(=O)CCC(N2CCN(S(=O)(=O)c3ccccc3)CC2)C1. The highest BCUT2D eigenvalue weighted by Crippen LogP contribution is 2.22. The maximum absolute atomic E-state index is 12.5. The van der Waals surface area contributed by atoms with Crippen LogP contribution in [0.4, 0.5) is 0 Å². The third-order valence-corrected chi connectivity index (χ3v) is 8.04. The highest BCUT2D eigenvalue weighted by molar-refractivity contribution is 7.91. The number of sulfone groups is 1. The molecular formula is C14H20N2O4S2. The lowest BCUT2D eigenvalue weighted by Gasteiger charge is -2.36. The Labute approximate surface area is 131 Å². The molecule has 2 heterocycles. The van der Waals surface area contributed by atoms with Crippen molar-refractivity contribution in [3.63, 3.8) is 0 Å². The summed E-state index contributed by atoms with van der Waals surface area (Å²) in [7, 11) is -6.35. The molecule has 1 aromatic carbocycles. The number of rotatable bonds is 3. The highest BCUT2D eigenvalue weighted by Gasteiger charge is 2.36. The molecule has 0 aromatic heterocycles. The molecule has 0 spiro atoms. The van der Waals surface area contributed by atoms with Gasteiger partial charge in [0.15, 0.2) is 9.84 Å². The van der Waals surface area contributed by atoms with Gasteiger partial charge in [-0.05, 0) is 18.6 Å². The largest absolute Gasteiger partial charge is 0.297 e. The predicted octanol–water partition coefficient (Wildman–Crippen LogP) is 0.180. The van der Waals surface area contributed by atoms with E-state index in [1.807, 2.05) is 0 Å². The van der Waals surface area contributed by atoms with Crippen LogP contribution in [0.15, 0.2) is 35.2 Å². The van der Waals surface area contributed by atoms with Gasteiger partial charge >= 0.3 is 0 Å². The molecule has 2 aliphatic heterocycles. The summed E-state index contributed by atoms with van der Waals surface area (Å²) in [6.07, 6.45) is 0.660. The van der Waals surface area contributed by atoms with Crippen LogP contribution in [0.5, 0.6) is 0 Å². The smallest absolute Gasteiger partial charge is 0.243 e. The first-order valence-electron chi connectivity index (χ1n) is 7.38. The quantitative estimate of drug-likeness (QED) is 0.782. The number of piperazine rings is 1. The van der Waals surface area contributed by atoms with Crippen LogP contribution in [0.2, 0.25) is 0 Å². The summed E-state index contributed by atoms with van der Waals surface area (Å²) in [5.74, 6) is 0.457. The van der Waals surface area contributed by atoms with Crippen molar-refractivity contribution in [2.45, 2.75) is 17.4 Å². The summed E-state index contributed by atoms with van der Waals surface area (Å²) in [5.41, 5.74) is 0. The van der Waals surface area contributed by atoms with Crippen LogP contribution in [-0.4, -0.2) is 69.8 Å². The molecule has 0 radical (unpaired) electrons. The summed E-state index contributed by atoms with van der Waals surface area (Å²) in [4.78, 5) is 2.42. The Morgan fingerprint density at radius 3 is 2.18 bits per heavy atom. The Balaban J connectivity index is 1.65. The molecule has 122 valence electrons. The Kier molecular flexibility index (Phi) is 4.28. The lowest BCUT2D eigenvalue weighted by molar-refractivity contribution is 0.148. The number of hydrogen-bond donors (Lipinski definition) is 0. The first-order chi connectivity index (χ1) is 10.4. The Bertz CT molecular complexity index is 723. The standard InChI is InChI=1S/C14H20N2O4S2/c17-21(18)11-6-13(12-21)15-7-9-16(10-8-15)22(19,20)14-4-2-1-3-5-14/h1-5,13H,6-12H2.